The molecular formula is C14H16FNO2. The van der Waals surface area contributed by atoms with E-state index in [0.29, 0.717) is 11.6 Å². The van der Waals surface area contributed by atoms with E-state index in [1.165, 1.54) is 18.2 Å². The Bertz CT molecular complexity index is 485. The fraction of sp³-hybridized carbons (Fsp3) is 0.357. The summed E-state index contributed by atoms with van der Waals surface area (Å²) in [6, 6.07) is 4.92. The standard InChI is InChI=1S/C14H16FNO2/c1-10-3-2-8-16(10)13-6-5-12(15)9-11(13)4-7-14(17)18/h4-7,9-10H,2-3,8H2,1H3,(H,17,18)/b7-4+. The number of rotatable bonds is 3. The van der Waals surface area contributed by atoms with E-state index in [-0.39, 0.29) is 5.82 Å². The Kier molecular flexibility index (Phi) is 3.65. The molecule has 18 heavy (non-hydrogen) atoms. The molecule has 1 atom stereocenters. The monoisotopic (exact) mass is 249 g/mol. The fourth-order valence-corrected chi connectivity index (χ4v) is 2.37. The molecule has 0 spiro atoms. The number of aliphatic carboxylic acids is 1. The maximum atomic E-state index is 13.3. The van der Waals surface area contributed by atoms with Crippen LogP contribution >= 0.6 is 0 Å². The second-order valence-corrected chi connectivity index (χ2v) is 4.56. The molecule has 1 unspecified atom stereocenters. The Labute approximate surface area is 106 Å². The van der Waals surface area contributed by atoms with Crippen LogP contribution in [0.15, 0.2) is 24.3 Å². The van der Waals surface area contributed by atoms with Gasteiger partial charge in [-0.1, -0.05) is 0 Å². The van der Waals surface area contributed by atoms with Gasteiger partial charge in [0, 0.05) is 29.9 Å². The molecule has 1 heterocycles. The molecule has 1 aromatic carbocycles. The van der Waals surface area contributed by atoms with Crippen LogP contribution in [0.4, 0.5) is 10.1 Å². The molecule has 1 aliphatic rings. The quantitative estimate of drug-likeness (QED) is 0.837. The number of halogens is 1. The van der Waals surface area contributed by atoms with E-state index < -0.39 is 5.97 Å². The first-order valence-electron chi connectivity index (χ1n) is 6.05. The lowest BCUT2D eigenvalue weighted by molar-refractivity contribution is -0.131. The van der Waals surface area contributed by atoms with Crippen LogP contribution in [0, 0.1) is 5.82 Å². The van der Waals surface area contributed by atoms with Crippen LogP contribution in [0.5, 0.6) is 0 Å². The van der Waals surface area contributed by atoms with E-state index in [9.17, 15) is 9.18 Å². The van der Waals surface area contributed by atoms with E-state index in [1.54, 1.807) is 6.07 Å². The SMILES string of the molecule is CC1CCCN1c1ccc(F)cc1/C=C/C(=O)O. The summed E-state index contributed by atoms with van der Waals surface area (Å²) in [4.78, 5) is 12.8. The van der Waals surface area contributed by atoms with Gasteiger partial charge in [-0.2, -0.15) is 0 Å². The predicted octanol–water partition coefficient (Wildman–Crippen LogP) is 2.91. The number of nitrogens with zero attached hydrogens (tertiary/aromatic N) is 1. The molecule has 0 radical (unpaired) electrons. The van der Waals surface area contributed by atoms with Crippen molar-refractivity contribution in [2.75, 3.05) is 11.4 Å². The highest BCUT2D eigenvalue weighted by molar-refractivity contribution is 5.87. The highest BCUT2D eigenvalue weighted by atomic mass is 19.1. The minimum absolute atomic E-state index is 0.351. The van der Waals surface area contributed by atoms with Crippen molar-refractivity contribution in [3.05, 3.63) is 35.7 Å². The first kappa shape index (κ1) is 12.6. The highest BCUT2D eigenvalue weighted by Crippen LogP contribution is 2.29. The van der Waals surface area contributed by atoms with Crippen LogP contribution in [-0.4, -0.2) is 23.7 Å². The number of hydrogen-bond acceptors (Lipinski definition) is 2. The summed E-state index contributed by atoms with van der Waals surface area (Å²) in [5.41, 5.74) is 1.52. The maximum Gasteiger partial charge on any atom is 0.328 e. The second-order valence-electron chi connectivity index (χ2n) is 4.56. The molecular weight excluding hydrogens is 233 g/mol. The van der Waals surface area contributed by atoms with E-state index >= 15 is 0 Å². The van der Waals surface area contributed by atoms with Crippen molar-refractivity contribution in [3.8, 4) is 0 Å². The van der Waals surface area contributed by atoms with Gasteiger partial charge in [-0.15, -0.1) is 0 Å². The Morgan fingerprint density at radius 3 is 2.94 bits per heavy atom. The number of anilines is 1. The third kappa shape index (κ3) is 2.70. The van der Waals surface area contributed by atoms with E-state index in [4.69, 9.17) is 5.11 Å². The van der Waals surface area contributed by atoms with Crippen LogP contribution in [0.25, 0.3) is 6.08 Å². The van der Waals surface area contributed by atoms with Crippen molar-refractivity contribution in [2.45, 2.75) is 25.8 Å². The average Bonchev–Trinajstić information content (AvgIpc) is 2.73. The van der Waals surface area contributed by atoms with Crippen LogP contribution in [0.3, 0.4) is 0 Å². The molecule has 1 saturated heterocycles. The molecule has 96 valence electrons. The molecule has 1 aliphatic heterocycles. The molecule has 1 N–H and O–H groups in total. The molecule has 2 rings (SSSR count). The Morgan fingerprint density at radius 2 is 2.33 bits per heavy atom. The topological polar surface area (TPSA) is 40.5 Å². The van der Waals surface area contributed by atoms with Crippen molar-refractivity contribution in [3.63, 3.8) is 0 Å². The lowest BCUT2D eigenvalue weighted by Gasteiger charge is -2.25. The summed E-state index contributed by atoms with van der Waals surface area (Å²) in [5, 5.41) is 8.66. The molecule has 3 nitrogen and oxygen atoms in total. The van der Waals surface area contributed by atoms with Crippen LogP contribution in [-0.2, 0) is 4.79 Å². The number of hydrogen-bond donors (Lipinski definition) is 1. The summed E-state index contributed by atoms with van der Waals surface area (Å²) in [7, 11) is 0. The van der Waals surface area contributed by atoms with E-state index in [0.717, 1.165) is 31.1 Å². The lowest BCUT2D eigenvalue weighted by Crippen LogP contribution is -2.26. The van der Waals surface area contributed by atoms with Gasteiger partial charge in [0.05, 0.1) is 0 Å². The molecule has 1 aromatic rings. The van der Waals surface area contributed by atoms with Gasteiger partial charge < -0.3 is 10.0 Å². The number of carboxylic acid groups (broad SMARTS) is 1. The third-order valence-corrected chi connectivity index (χ3v) is 3.26. The van der Waals surface area contributed by atoms with Crippen LogP contribution < -0.4 is 4.90 Å². The van der Waals surface area contributed by atoms with Gasteiger partial charge in [-0.05, 0) is 44.0 Å². The van der Waals surface area contributed by atoms with Crippen molar-refractivity contribution in [1.82, 2.24) is 0 Å². The van der Waals surface area contributed by atoms with E-state index in [2.05, 4.69) is 11.8 Å². The van der Waals surface area contributed by atoms with Crippen molar-refractivity contribution >= 4 is 17.7 Å². The maximum absolute atomic E-state index is 13.3. The number of benzene rings is 1. The largest absolute Gasteiger partial charge is 0.478 e. The minimum atomic E-state index is -1.03. The summed E-state index contributed by atoms with van der Waals surface area (Å²) in [6.07, 6.45) is 4.71. The molecule has 0 aliphatic carbocycles. The second kappa shape index (κ2) is 5.21. The average molecular weight is 249 g/mol. The Hall–Kier alpha value is -1.84. The highest BCUT2D eigenvalue weighted by Gasteiger charge is 2.22. The van der Waals surface area contributed by atoms with Crippen molar-refractivity contribution in [1.29, 1.82) is 0 Å². The molecule has 0 saturated carbocycles. The zero-order valence-electron chi connectivity index (χ0n) is 10.3. The molecule has 0 amide bonds. The first-order valence-corrected chi connectivity index (χ1v) is 6.05. The normalized spacial score (nSPS) is 19.7. The first-order chi connectivity index (χ1) is 8.58. The Balaban J connectivity index is 2.36. The van der Waals surface area contributed by atoms with Gasteiger partial charge in [-0.3, -0.25) is 0 Å². The smallest absolute Gasteiger partial charge is 0.328 e. The summed E-state index contributed by atoms with van der Waals surface area (Å²) in [6.45, 7) is 3.06. The zero-order chi connectivity index (χ0) is 13.1. The van der Waals surface area contributed by atoms with Gasteiger partial charge in [0.15, 0.2) is 0 Å². The third-order valence-electron chi connectivity index (χ3n) is 3.26. The number of carbonyl (C=O) groups is 1. The van der Waals surface area contributed by atoms with Crippen LogP contribution in [0.1, 0.15) is 25.3 Å². The summed E-state index contributed by atoms with van der Waals surface area (Å²) >= 11 is 0. The van der Waals surface area contributed by atoms with Gasteiger partial charge in [0.2, 0.25) is 0 Å². The van der Waals surface area contributed by atoms with Crippen LogP contribution in [0.2, 0.25) is 0 Å². The van der Waals surface area contributed by atoms with Gasteiger partial charge >= 0.3 is 5.97 Å². The predicted molar refractivity (Wildman–Crippen MR) is 69.1 cm³/mol. The molecule has 0 bridgehead atoms. The Morgan fingerprint density at radius 1 is 1.56 bits per heavy atom. The molecule has 1 fully saturated rings. The molecule has 0 aromatic heterocycles. The fourth-order valence-electron chi connectivity index (χ4n) is 2.37. The minimum Gasteiger partial charge on any atom is -0.478 e. The summed E-state index contributed by atoms with van der Waals surface area (Å²) < 4.78 is 13.3. The lowest BCUT2D eigenvalue weighted by atomic mass is 10.1. The van der Waals surface area contributed by atoms with Crippen molar-refractivity contribution in [2.24, 2.45) is 0 Å². The van der Waals surface area contributed by atoms with Gasteiger partial charge in [-0.25, -0.2) is 9.18 Å². The van der Waals surface area contributed by atoms with Crippen molar-refractivity contribution < 1.29 is 14.3 Å². The summed E-state index contributed by atoms with van der Waals surface area (Å²) in [5.74, 6) is -1.38. The van der Waals surface area contributed by atoms with Gasteiger partial charge in [0.25, 0.3) is 0 Å². The van der Waals surface area contributed by atoms with E-state index in [1.807, 2.05) is 0 Å². The van der Waals surface area contributed by atoms with Gasteiger partial charge in [0.1, 0.15) is 5.82 Å². The molecule has 4 heteroatoms. The zero-order valence-corrected chi connectivity index (χ0v) is 10.3. The number of carboxylic acids is 1.